The molecule has 0 unspecified atom stereocenters. The standard InChI is InChI=1S/C22H23FN4O3S/c1-16-3-8-20(30-2)21(13-16)31(28,29)27-11-9-26(10-12-27)22-14-19(24-15-25-22)17-4-6-18(23)7-5-17/h3-8,13-15H,9-12H2,1-2H3. The van der Waals surface area contributed by atoms with E-state index in [1.165, 1.54) is 29.9 Å². The van der Waals surface area contributed by atoms with Crippen LogP contribution in [0.3, 0.4) is 0 Å². The van der Waals surface area contributed by atoms with E-state index in [0.717, 1.165) is 11.1 Å². The van der Waals surface area contributed by atoms with E-state index in [2.05, 4.69) is 9.97 Å². The lowest BCUT2D eigenvalue weighted by atomic mass is 10.1. The summed E-state index contributed by atoms with van der Waals surface area (Å²) < 4.78 is 46.3. The van der Waals surface area contributed by atoms with Gasteiger partial charge in [-0.05, 0) is 48.9 Å². The molecule has 7 nitrogen and oxygen atoms in total. The van der Waals surface area contributed by atoms with E-state index in [0.29, 0.717) is 43.4 Å². The van der Waals surface area contributed by atoms with Crippen molar-refractivity contribution in [2.24, 2.45) is 0 Å². The molecule has 4 rings (SSSR count). The van der Waals surface area contributed by atoms with Crippen molar-refractivity contribution >= 4 is 15.8 Å². The van der Waals surface area contributed by atoms with Crippen molar-refractivity contribution in [2.75, 3.05) is 38.2 Å². The Morgan fingerprint density at radius 2 is 1.68 bits per heavy atom. The summed E-state index contributed by atoms with van der Waals surface area (Å²) in [5.41, 5.74) is 2.33. The summed E-state index contributed by atoms with van der Waals surface area (Å²) in [6.07, 6.45) is 1.47. The molecule has 162 valence electrons. The quantitative estimate of drug-likeness (QED) is 0.604. The number of hydrogen-bond donors (Lipinski definition) is 0. The van der Waals surface area contributed by atoms with Crippen LogP contribution in [0.5, 0.6) is 5.75 Å². The lowest BCUT2D eigenvalue weighted by Crippen LogP contribution is -2.49. The Hall–Kier alpha value is -3.04. The zero-order valence-electron chi connectivity index (χ0n) is 17.3. The number of rotatable bonds is 5. The van der Waals surface area contributed by atoms with E-state index in [1.807, 2.05) is 24.0 Å². The van der Waals surface area contributed by atoms with Crippen molar-refractivity contribution in [2.45, 2.75) is 11.8 Å². The van der Waals surface area contributed by atoms with Crippen LogP contribution in [-0.2, 0) is 10.0 Å². The monoisotopic (exact) mass is 442 g/mol. The van der Waals surface area contributed by atoms with Gasteiger partial charge in [0.25, 0.3) is 0 Å². The van der Waals surface area contributed by atoms with Crippen molar-refractivity contribution in [3.63, 3.8) is 0 Å². The van der Waals surface area contributed by atoms with Crippen molar-refractivity contribution in [3.05, 3.63) is 66.2 Å². The zero-order chi connectivity index (χ0) is 22.0. The molecule has 1 fully saturated rings. The molecule has 3 aromatic rings. The topological polar surface area (TPSA) is 75.6 Å². The van der Waals surface area contributed by atoms with Crippen LogP contribution < -0.4 is 9.64 Å². The van der Waals surface area contributed by atoms with Crippen LogP contribution in [0, 0.1) is 12.7 Å². The minimum atomic E-state index is -3.67. The third-order valence-corrected chi connectivity index (χ3v) is 7.21. The molecule has 2 aromatic carbocycles. The maximum atomic E-state index is 13.2. The average molecular weight is 443 g/mol. The Morgan fingerprint density at radius 3 is 2.35 bits per heavy atom. The van der Waals surface area contributed by atoms with Gasteiger partial charge in [-0.1, -0.05) is 6.07 Å². The maximum absolute atomic E-state index is 13.2. The lowest BCUT2D eigenvalue weighted by molar-refractivity contribution is 0.373. The highest BCUT2D eigenvalue weighted by atomic mass is 32.2. The van der Waals surface area contributed by atoms with Crippen LogP contribution in [0.15, 0.2) is 59.8 Å². The summed E-state index contributed by atoms with van der Waals surface area (Å²) in [6, 6.07) is 13.1. The molecule has 0 N–H and O–H groups in total. The van der Waals surface area contributed by atoms with Gasteiger partial charge in [0, 0.05) is 37.8 Å². The first-order valence-electron chi connectivity index (χ1n) is 9.86. The Labute approximate surface area is 181 Å². The minimum absolute atomic E-state index is 0.184. The highest BCUT2D eigenvalue weighted by Crippen LogP contribution is 2.29. The fourth-order valence-electron chi connectivity index (χ4n) is 3.58. The third-order valence-electron chi connectivity index (χ3n) is 5.29. The Balaban J connectivity index is 1.51. The van der Waals surface area contributed by atoms with Crippen molar-refractivity contribution in [1.29, 1.82) is 0 Å². The van der Waals surface area contributed by atoms with Crippen molar-refractivity contribution < 1.29 is 17.5 Å². The number of methoxy groups -OCH3 is 1. The fourth-order valence-corrected chi connectivity index (χ4v) is 5.24. The van der Waals surface area contributed by atoms with Crippen LogP contribution in [0.1, 0.15) is 5.56 Å². The Kier molecular flexibility index (Phi) is 5.88. The van der Waals surface area contributed by atoms with E-state index >= 15 is 0 Å². The van der Waals surface area contributed by atoms with Gasteiger partial charge in [-0.2, -0.15) is 4.31 Å². The van der Waals surface area contributed by atoms with E-state index < -0.39 is 10.0 Å². The van der Waals surface area contributed by atoms with Crippen molar-refractivity contribution in [1.82, 2.24) is 14.3 Å². The second-order valence-electron chi connectivity index (χ2n) is 7.31. The zero-order valence-corrected chi connectivity index (χ0v) is 18.1. The number of sulfonamides is 1. The molecule has 0 saturated carbocycles. The van der Waals surface area contributed by atoms with Gasteiger partial charge >= 0.3 is 0 Å². The number of ether oxygens (including phenoxy) is 1. The van der Waals surface area contributed by atoms with E-state index in [9.17, 15) is 12.8 Å². The molecular weight excluding hydrogens is 419 g/mol. The van der Waals surface area contributed by atoms with Gasteiger partial charge in [0.15, 0.2) is 0 Å². The molecule has 9 heteroatoms. The molecule has 0 amide bonds. The van der Waals surface area contributed by atoms with Gasteiger partial charge in [0.2, 0.25) is 10.0 Å². The van der Waals surface area contributed by atoms with E-state index in [1.54, 1.807) is 24.3 Å². The summed E-state index contributed by atoms with van der Waals surface area (Å²) >= 11 is 0. The van der Waals surface area contributed by atoms with Gasteiger partial charge < -0.3 is 9.64 Å². The van der Waals surface area contributed by atoms with Crippen LogP contribution in [0.2, 0.25) is 0 Å². The van der Waals surface area contributed by atoms with Crippen LogP contribution in [0.25, 0.3) is 11.3 Å². The number of piperazine rings is 1. The second kappa shape index (κ2) is 8.60. The highest BCUT2D eigenvalue weighted by Gasteiger charge is 2.31. The van der Waals surface area contributed by atoms with Crippen LogP contribution >= 0.6 is 0 Å². The molecule has 2 heterocycles. The number of halogens is 1. The molecule has 1 aliphatic heterocycles. The molecule has 0 bridgehead atoms. The molecule has 0 atom stereocenters. The first kappa shape index (κ1) is 21.2. The van der Waals surface area contributed by atoms with Crippen molar-refractivity contribution in [3.8, 4) is 17.0 Å². The van der Waals surface area contributed by atoms with E-state index in [4.69, 9.17) is 4.74 Å². The predicted molar refractivity (Wildman–Crippen MR) is 116 cm³/mol. The van der Waals surface area contributed by atoms with Gasteiger partial charge in [0.05, 0.1) is 12.8 Å². The first-order valence-corrected chi connectivity index (χ1v) is 11.3. The predicted octanol–water partition coefficient (Wildman–Crippen LogP) is 3.11. The largest absolute Gasteiger partial charge is 0.495 e. The fraction of sp³-hybridized carbons (Fsp3) is 0.273. The first-order chi connectivity index (χ1) is 14.9. The van der Waals surface area contributed by atoms with Gasteiger partial charge in [-0.3, -0.25) is 0 Å². The molecule has 0 aliphatic carbocycles. The third kappa shape index (κ3) is 4.38. The summed E-state index contributed by atoms with van der Waals surface area (Å²) in [7, 11) is -2.21. The average Bonchev–Trinajstić information content (AvgIpc) is 2.80. The van der Waals surface area contributed by atoms with E-state index in [-0.39, 0.29) is 10.7 Å². The number of anilines is 1. The maximum Gasteiger partial charge on any atom is 0.246 e. The normalized spacial score (nSPS) is 15.1. The molecule has 1 aliphatic rings. The molecule has 1 saturated heterocycles. The Bertz CT molecular complexity index is 1180. The summed E-state index contributed by atoms with van der Waals surface area (Å²) in [4.78, 5) is 10.8. The second-order valence-corrected chi connectivity index (χ2v) is 9.22. The van der Waals surface area contributed by atoms with Gasteiger partial charge in [0.1, 0.15) is 28.6 Å². The minimum Gasteiger partial charge on any atom is -0.495 e. The lowest BCUT2D eigenvalue weighted by Gasteiger charge is -2.35. The number of benzene rings is 2. The van der Waals surface area contributed by atoms with Gasteiger partial charge in [-0.15, -0.1) is 0 Å². The summed E-state index contributed by atoms with van der Waals surface area (Å²) in [6.45, 7) is 3.50. The number of aromatic nitrogens is 2. The van der Waals surface area contributed by atoms with Crippen LogP contribution in [0.4, 0.5) is 10.2 Å². The highest BCUT2D eigenvalue weighted by molar-refractivity contribution is 7.89. The van der Waals surface area contributed by atoms with Gasteiger partial charge in [-0.25, -0.2) is 22.8 Å². The summed E-state index contributed by atoms with van der Waals surface area (Å²) in [5, 5.41) is 0. The molecule has 1 aromatic heterocycles. The number of hydrogen-bond acceptors (Lipinski definition) is 6. The van der Waals surface area contributed by atoms with Crippen LogP contribution in [-0.4, -0.2) is 56.0 Å². The summed E-state index contributed by atoms with van der Waals surface area (Å²) in [5.74, 6) is 0.743. The number of aryl methyl sites for hydroxylation is 1. The molecule has 0 spiro atoms. The molecule has 0 radical (unpaired) electrons. The smallest absolute Gasteiger partial charge is 0.246 e. The SMILES string of the molecule is COc1ccc(C)cc1S(=O)(=O)N1CCN(c2cc(-c3ccc(F)cc3)ncn2)CC1. The molecular formula is C22H23FN4O3S. The Morgan fingerprint density at radius 1 is 0.968 bits per heavy atom. The molecule has 31 heavy (non-hydrogen) atoms. The number of nitrogens with zero attached hydrogens (tertiary/aromatic N) is 4.